The van der Waals surface area contributed by atoms with Crippen LogP contribution in [0.15, 0.2) is 65.8 Å². The van der Waals surface area contributed by atoms with Crippen LogP contribution in [0.3, 0.4) is 0 Å². The number of fused-ring (bicyclic) bond motifs is 1. The van der Waals surface area contributed by atoms with Crippen molar-refractivity contribution in [2.45, 2.75) is 19.4 Å². The molecule has 0 spiro atoms. The first-order chi connectivity index (χ1) is 16.1. The van der Waals surface area contributed by atoms with Crippen LogP contribution in [-0.2, 0) is 6.54 Å². The monoisotopic (exact) mass is 444 g/mol. The quantitative estimate of drug-likeness (QED) is 0.470. The normalized spacial score (nSPS) is 14.5. The van der Waals surface area contributed by atoms with Crippen molar-refractivity contribution in [1.82, 2.24) is 29.4 Å². The summed E-state index contributed by atoms with van der Waals surface area (Å²) in [6.07, 6.45) is 4.73. The molecule has 1 aliphatic heterocycles. The van der Waals surface area contributed by atoms with Crippen molar-refractivity contribution in [1.29, 1.82) is 0 Å². The molecule has 2 aromatic heterocycles. The number of carbonyl (C=O) groups excluding carboxylic acids is 1. The second kappa shape index (κ2) is 8.85. The molecule has 33 heavy (non-hydrogen) atoms. The zero-order chi connectivity index (χ0) is 22.8. The number of aromatic nitrogens is 5. The van der Waals surface area contributed by atoms with Crippen LogP contribution in [0.2, 0.25) is 0 Å². The summed E-state index contributed by atoms with van der Waals surface area (Å²) < 4.78 is 6.88. The van der Waals surface area contributed by atoms with Crippen LogP contribution in [-0.4, -0.2) is 55.6 Å². The Morgan fingerprint density at radius 2 is 1.91 bits per heavy atom. The molecule has 2 aromatic carbocycles. The number of benzene rings is 2. The van der Waals surface area contributed by atoms with Crippen LogP contribution in [0.4, 0.5) is 0 Å². The third-order valence-electron chi connectivity index (χ3n) is 6.09. The lowest BCUT2D eigenvalue weighted by molar-refractivity contribution is 0.0676. The van der Waals surface area contributed by atoms with Crippen molar-refractivity contribution >= 4 is 16.8 Å². The van der Waals surface area contributed by atoms with Gasteiger partial charge in [-0.3, -0.25) is 14.2 Å². The Labute approximate surface area is 190 Å². The number of hydrogen-bond acceptors (Lipinski definition) is 6. The number of ether oxygens (including phenoxy) is 1. The number of amides is 1. The standard InChI is InChI=1S/C24H24N6O3/c1-33-19-7-8-20-21(13-19)25-16-29(23(20)31)15-17-9-11-28(12-10-17)24(32)22-14-26-30(27-22)18-5-3-2-4-6-18/h2-8,13-14,16-17H,9-12,15H2,1H3. The van der Waals surface area contributed by atoms with E-state index in [2.05, 4.69) is 15.2 Å². The molecular formula is C24H24N6O3. The molecule has 0 bridgehead atoms. The summed E-state index contributed by atoms with van der Waals surface area (Å²) in [5, 5.41) is 9.15. The second-order valence-electron chi connectivity index (χ2n) is 8.18. The Bertz CT molecular complexity index is 1340. The maximum absolute atomic E-state index is 12.9. The first kappa shape index (κ1) is 20.9. The van der Waals surface area contributed by atoms with Crippen molar-refractivity contribution in [3.05, 3.63) is 77.1 Å². The lowest BCUT2D eigenvalue weighted by Crippen LogP contribution is -2.40. The highest BCUT2D eigenvalue weighted by Gasteiger charge is 2.26. The van der Waals surface area contributed by atoms with E-state index in [0.29, 0.717) is 47.9 Å². The van der Waals surface area contributed by atoms with Gasteiger partial charge in [-0.1, -0.05) is 18.2 Å². The summed E-state index contributed by atoms with van der Waals surface area (Å²) in [5.74, 6) is 0.853. The Balaban J connectivity index is 1.22. The molecule has 0 aliphatic carbocycles. The fraction of sp³-hybridized carbons (Fsp3) is 0.292. The molecule has 0 saturated carbocycles. The Hall–Kier alpha value is -4.01. The SMILES string of the molecule is COc1ccc2c(=O)n(CC3CCN(C(=O)c4cnn(-c5ccccc5)n4)CC3)cnc2c1. The van der Waals surface area contributed by atoms with Gasteiger partial charge >= 0.3 is 0 Å². The summed E-state index contributed by atoms with van der Waals surface area (Å²) in [4.78, 5) is 33.5. The maximum Gasteiger partial charge on any atom is 0.276 e. The molecule has 3 heterocycles. The van der Waals surface area contributed by atoms with Crippen molar-refractivity contribution in [3.8, 4) is 11.4 Å². The molecule has 1 saturated heterocycles. The molecule has 5 rings (SSSR count). The summed E-state index contributed by atoms with van der Waals surface area (Å²) in [7, 11) is 1.59. The van der Waals surface area contributed by atoms with E-state index in [0.717, 1.165) is 18.5 Å². The van der Waals surface area contributed by atoms with Crippen LogP contribution >= 0.6 is 0 Å². The van der Waals surface area contributed by atoms with Crippen molar-refractivity contribution in [2.24, 2.45) is 5.92 Å². The number of nitrogens with zero attached hydrogens (tertiary/aromatic N) is 6. The highest BCUT2D eigenvalue weighted by molar-refractivity contribution is 5.92. The lowest BCUT2D eigenvalue weighted by atomic mass is 9.96. The number of piperidine rings is 1. The first-order valence-electron chi connectivity index (χ1n) is 10.9. The molecule has 4 aromatic rings. The molecule has 0 N–H and O–H groups in total. The van der Waals surface area contributed by atoms with Gasteiger partial charge in [0.05, 0.1) is 36.2 Å². The van der Waals surface area contributed by atoms with Crippen LogP contribution < -0.4 is 10.3 Å². The van der Waals surface area contributed by atoms with Gasteiger partial charge in [0, 0.05) is 25.7 Å². The number of likely N-dealkylation sites (tertiary alicyclic amines) is 1. The molecule has 168 valence electrons. The average molecular weight is 444 g/mol. The minimum Gasteiger partial charge on any atom is -0.497 e. The summed E-state index contributed by atoms with van der Waals surface area (Å²) in [6.45, 7) is 1.82. The minimum atomic E-state index is -0.117. The van der Waals surface area contributed by atoms with E-state index in [1.165, 1.54) is 11.0 Å². The molecule has 0 atom stereocenters. The van der Waals surface area contributed by atoms with E-state index in [1.54, 1.807) is 36.2 Å². The molecule has 9 heteroatoms. The molecule has 1 fully saturated rings. The molecule has 1 amide bonds. The van der Waals surface area contributed by atoms with Gasteiger partial charge in [0.25, 0.3) is 11.5 Å². The van der Waals surface area contributed by atoms with Crippen LogP contribution in [0.5, 0.6) is 5.75 Å². The van der Waals surface area contributed by atoms with Crippen LogP contribution in [0.25, 0.3) is 16.6 Å². The second-order valence-corrected chi connectivity index (χ2v) is 8.18. The first-order valence-corrected chi connectivity index (χ1v) is 10.9. The Kier molecular flexibility index (Phi) is 5.60. The summed E-state index contributed by atoms with van der Waals surface area (Å²) in [6, 6.07) is 14.8. The van der Waals surface area contributed by atoms with E-state index in [-0.39, 0.29) is 11.5 Å². The van der Waals surface area contributed by atoms with E-state index < -0.39 is 0 Å². The molecule has 0 unspecified atom stereocenters. The van der Waals surface area contributed by atoms with E-state index >= 15 is 0 Å². The fourth-order valence-electron chi connectivity index (χ4n) is 4.20. The third-order valence-corrected chi connectivity index (χ3v) is 6.09. The smallest absolute Gasteiger partial charge is 0.276 e. The number of para-hydroxylation sites is 1. The van der Waals surface area contributed by atoms with Gasteiger partial charge < -0.3 is 9.64 Å². The van der Waals surface area contributed by atoms with Crippen molar-refractivity contribution in [2.75, 3.05) is 20.2 Å². The van der Waals surface area contributed by atoms with E-state index in [4.69, 9.17) is 4.74 Å². The van der Waals surface area contributed by atoms with Gasteiger partial charge in [-0.05, 0) is 43.0 Å². The minimum absolute atomic E-state index is 0.0568. The Morgan fingerprint density at radius 3 is 2.67 bits per heavy atom. The lowest BCUT2D eigenvalue weighted by Gasteiger charge is -2.31. The summed E-state index contributed by atoms with van der Waals surface area (Å²) >= 11 is 0. The fourth-order valence-corrected chi connectivity index (χ4v) is 4.20. The average Bonchev–Trinajstić information content (AvgIpc) is 3.36. The number of rotatable bonds is 5. The summed E-state index contributed by atoms with van der Waals surface area (Å²) in [5.41, 5.74) is 1.71. The van der Waals surface area contributed by atoms with Crippen molar-refractivity contribution < 1.29 is 9.53 Å². The molecule has 0 radical (unpaired) electrons. The van der Waals surface area contributed by atoms with E-state index in [9.17, 15) is 9.59 Å². The Morgan fingerprint density at radius 1 is 1.12 bits per heavy atom. The highest BCUT2D eigenvalue weighted by atomic mass is 16.5. The van der Waals surface area contributed by atoms with Gasteiger partial charge in [0.15, 0.2) is 5.69 Å². The highest BCUT2D eigenvalue weighted by Crippen LogP contribution is 2.21. The van der Waals surface area contributed by atoms with Gasteiger partial charge in [-0.25, -0.2) is 4.98 Å². The number of hydrogen-bond donors (Lipinski definition) is 0. The number of methoxy groups -OCH3 is 1. The van der Waals surface area contributed by atoms with Gasteiger partial charge in [0.2, 0.25) is 0 Å². The van der Waals surface area contributed by atoms with Crippen LogP contribution in [0.1, 0.15) is 23.3 Å². The van der Waals surface area contributed by atoms with Gasteiger partial charge in [-0.2, -0.15) is 9.90 Å². The van der Waals surface area contributed by atoms with Crippen LogP contribution in [0, 0.1) is 5.92 Å². The zero-order valence-corrected chi connectivity index (χ0v) is 18.3. The topological polar surface area (TPSA) is 95.1 Å². The molecule has 9 nitrogen and oxygen atoms in total. The third kappa shape index (κ3) is 4.21. The predicted octanol–water partition coefficient (Wildman–Crippen LogP) is 2.54. The van der Waals surface area contributed by atoms with Gasteiger partial charge in [-0.15, -0.1) is 5.10 Å². The molecule has 1 aliphatic rings. The van der Waals surface area contributed by atoms with Crippen molar-refractivity contribution in [3.63, 3.8) is 0 Å². The van der Waals surface area contributed by atoms with Gasteiger partial charge in [0.1, 0.15) is 5.75 Å². The predicted molar refractivity (Wildman–Crippen MR) is 123 cm³/mol. The largest absolute Gasteiger partial charge is 0.497 e. The maximum atomic E-state index is 12.9. The van der Waals surface area contributed by atoms with E-state index in [1.807, 2.05) is 35.2 Å². The molecular weight excluding hydrogens is 420 g/mol. The zero-order valence-electron chi connectivity index (χ0n) is 18.3. The number of carbonyl (C=O) groups is 1.